The number of carbonyl (C=O) groups excluding carboxylic acids is 1. The smallest absolute Gasteiger partial charge is 0.153 e. The molecule has 0 aliphatic heterocycles. The summed E-state index contributed by atoms with van der Waals surface area (Å²) in [4.78, 5) is 13.7. The van der Waals surface area contributed by atoms with E-state index in [4.69, 9.17) is 0 Å². The summed E-state index contributed by atoms with van der Waals surface area (Å²) >= 11 is 0. The van der Waals surface area contributed by atoms with Crippen LogP contribution in [0.2, 0.25) is 0 Å². The molecule has 4 aliphatic rings. The summed E-state index contributed by atoms with van der Waals surface area (Å²) in [5.74, 6) is 0.240. The summed E-state index contributed by atoms with van der Waals surface area (Å²) in [5.41, 5.74) is -1.80. The lowest BCUT2D eigenvalue weighted by Crippen LogP contribution is -2.64. The van der Waals surface area contributed by atoms with Crippen LogP contribution in [-0.4, -0.2) is 38.9 Å². The zero-order chi connectivity index (χ0) is 17.8. The molecule has 0 radical (unpaired) electrons. The van der Waals surface area contributed by atoms with Crippen molar-refractivity contribution in [1.82, 2.24) is 0 Å². The number of hydrogen-bond acceptors (Lipinski definition) is 4. The van der Waals surface area contributed by atoms with Gasteiger partial charge in [-0.1, -0.05) is 32.9 Å². The van der Waals surface area contributed by atoms with Crippen LogP contribution in [-0.2, 0) is 4.79 Å². The highest BCUT2D eigenvalue weighted by molar-refractivity contribution is 5.95. The zero-order valence-corrected chi connectivity index (χ0v) is 15.1. The van der Waals surface area contributed by atoms with Gasteiger partial charge < -0.3 is 15.3 Å². The van der Waals surface area contributed by atoms with Crippen LogP contribution in [0, 0.1) is 34.5 Å². The van der Waals surface area contributed by atoms with Crippen LogP contribution in [0.5, 0.6) is 0 Å². The molecule has 3 unspecified atom stereocenters. The minimum Gasteiger partial charge on any atom is -0.386 e. The fraction of sp³-hybridized carbons (Fsp3) is 0.750. The molecular weight excluding hydrogens is 304 g/mol. The van der Waals surface area contributed by atoms with E-state index in [0.717, 1.165) is 6.42 Å². The first-order valence-electron chi connectivity index (χ1n) is 9.01. The van der Waals surface area contributed by atoms with Crippen molar-refractivity contribution in [3.63, 3.8) is 0 Å². The fourth-order valence-electron chi connectivity index (χ4n) is 6.41. The average Bonchev–Trinajstić information content (AvgIpc) is 3.01. The lowest BCUT2D eigenvalue weighted by atomic mass is 9.59. The van der Waals surface area contributed by atoms with Gasteiger partial charge in [-0.25, -0.2) is 0 Å². The molecule has 2 saturated carbocycles. The number of rotatable bonds is 0. The van der Waals surface area contributed by atoms with E-state index in [9.17, 15) is 20.1 Å². The van der Waals surface area contributed by atoms with E-state index < -0.39 is 23.2 Å². The van der Waals surface area contributed by atoms with Gasteiger partial charge in [0.1, 0.15) is 17.8 Å². The van der Waals surface area contributed by atoms with Gasteiger partial charge in [-0.05, 0) is 54.6 Å². The van der Waals surface area contributed by atoms with Crippen LogP contribution in [0.1, 0.15) is 41.0 Å². The van der Waals surface area contributed by atoms with E-state index in [0.29, 0.717) is 17.1 Å². The summed E-state index contributed by atoms with van der Waals surface area (Å²) in [6.45, 7) is 9.91. The van der Waals surface area contributed by atoms with Gasteiger partial charge in [0.2, 0.25) is 0 Å². The number of carbonyl (C=O) groups is 1. The van der Waals surface area contributed by atoms with E-state index >= 15 is 0 Å². The highest BCUT2D eigenvalue weighted by Crippen LogP contribution is 2.71. The van der Waals surface area contributed by atoms with Gasteiger partial charge in [0.15, 0.2) is 5.78 Å². The van der Waals surface area contributed by atoms with Crippen molar-refractivity contribution >= 4 is 5.78 Å². The number of fused-ring (bicyclic) bond motifs is 3. The number of allylic oxidation sites excluding steroid dienone is 1. The average molecular weight is 332 g/mol. The molecule has 4 rings (SSSR count). The van der Waals surface area contributed by atoms with Gasteiger partial charge in [0.05, 0.1) is 5.41 Å². The third-order valence-electron chi connectivity index (χ3n) is 7.88. The lowest BCUT2D eigenvalue weighted by Gasteiger charge is -2.48. The van der Waals surface area contributed by atoms with Crippen molar-refractivity contribution in [3.05, 3.63) is 23.3 Å². The highest BCUT2D eigenvalue weighted by atomic mass is 16.4. The minimum absolute atomic E-state index is 0.0256. The molecule has 132 valence electrons. The van der Waals surface area contributed by atoms with Gasteiger partial charge >= 0.3 is 0 Å². The quantitative estimate of drug-likeness (QED) is 0.592. The molecule has 0 aromatic heterocycles. The second-order valence-corrected chi connectivity index (χ2v) is 9.28. The van der Waals surface area contributed by atoms with Gasteiger partial charge in [0, 0.05) is 5.92 Å². The van der Waals surface area contributed by atoms with E-state index in [1.165, 1.54) is 0 Å². The second kappa shape index (κ2) is 4.40. The Balaban J connectivity index is 1.99. The maximum Gasteiger partial charge on any atom is 0.153 e. The zero-order valence-electron chi connectivity index (χ0n) is 15.1. The predicted molar refractivity (Wildman–Crippen MR) is 89.9 cm³/mol. The molecule has 24 heavy (non-hydrogen) atoms. The van der Waals surface area contributed by atoms with Crippen molar-refractivity contribution in [1.29, 1.82) is 0 Å². The van der Waals surface area contributed by atoms with Crippen molar-refractivity contribution in [2.45, 2.75) is 58.8 Å². The summed E-state index contributed by atoms with van der Waals surface area (Å²) in [7, 11) is 0. The van der Waals surface area contributed by atoms with Gasteiger partial charge in [-0.3, -0.25) is 4.79 Å². The van der Waals surface area contributed by atoms with Gasteiger partial charge in [-0.2, -0.15) is 0 Å². The maximum absolute atomic E-state index is 13.7. The molecule has 0 aromatic carbocycles. The SMILES string of the molecule is CC1=C[C@]23C(=O)C(C=C(C)[C@@H](O)C2(O)C1O)[C@H]1[C@@H](C[C@H]3C)C1(C)C. The number of Topliss-reactive ketones (excluding diaryl/α,β-unsaturated/α-hetero) is 1. The molecule has 4 aliphatic carbocycles. The Hall–Kier alpha value is -0.970. The van der Waals surface area contributed by atoms with Crippen molar-refractivity contribution in [2.75, 3.05) is 0 Å². The molecule has 0 heterocycles. The van der Waals surface area contributed by atoms with Crippen LogP contribution >= 0.6 is 0 Å². The van der Waals surface area contributed by atoms with Crippen molar-refractivity contribution in [2.24, 2.45) is 34.5 Å². The normalized spacial score (nSPS) is 54.9. The fourth-order valence-corrected chi connectivity index (χ4v) is 6.41. The molecule has 4 heteroatoms. The van der Waals surface area contributed by atoms with Crippen LogP contribution < -0.4 is 0 Å². The van der Waals surface area contributed by atoms with E-state index in [-0.39, 0.29) is 29.0 Å². The summed E-state index contributed by atoms with van der Waals surface area (Å²) in [6.07, 6.45) is 2.01. The van der Waals surface area contributed by atoms with E-state index in [1.807, 2.05) is 13.0 Å². The first kappa shape index (κ1) is 16.5. The Bertz CT molecular complexity index is 690. The van der Waals surface area contributed by atoms with Crippen LogP contribution in [0.4, 0.5) is 0 Å². The van der Waals surface area contributed by atoms with E-state index in [2.05, 4.69) is 13.8 Å². The first-order chi connectivity index (χ1) is 11.0. The van der Waals surface area contributed by atoms with Crippen LogP contribution in [0.3, 0.4) is 0 Å². The Morgan fingerprint density at radius 3 is 2.33 bits per heavy atom. The molecule has 2 fully saturated rings. The monoisotopic (exact) mass is 332 g/mol. The Morgan fingerprint density at radius 2 is 1.71 bits per heavy atom. The number of aliphatic hydroxyl groups is 3. The van der Waals surface area contributed by atoms with E-state index in [1.54, 1.807) is 19.9 Å². The minimum atomic E-state index is -1.87. The van der Waals surface area contributed by atoms with Gasteiger partial charge in [0.25, 0.3) is 0 Å². The predicted octanol–water partition coefficient (Wildman–Crippen LogP) is 1.84. The molecular formula is C20H28O4. The maximum atomic E-state index is 13.7. The molecule has 4 nitrogen and oxygen atoms in total. The molecule has 0 aromatic rings. The van der Waals surface area contributed by atoms with Crippen LogP contribution in [0.25, 0.3) is 0 Å². The second-order valence-electron chi connectivity index (χ2n) is 9.28. The number of ketones is 1. The van der Waals surface area contributed by atoms with Gasteiger partial charge in [-0.15, -0.1) is 0 Å². The Kier molecular flexibility index (Phi) is 3.03. The summed E-state index contributed by atoms with van der Waals surface area (Å²) in [5, 5.41) is 33.2. The standard InChI is InChI=1S/C20H28O4/c1-9-6-12-14-13(18(14,4)5)7-11(3)19(17(12)23)8-10(2)16(22)20(19,24)15(9)21/h6,8,11-16,21-22,24H,7H2,1-5H3/t11-,12?,13-,14+,15-,16?,19+,20?/m1/s1. The third-order valence-corrected chi connectivity index (χ3v) is 7.88. The Labute approximate surface area is 143 Å². The third kappa shape index (κ3) is 1.50. The topological polar surface area (TPSA) is 77.8 Å². The molecule has 0 amide bonds. The lowest BCUT2D eigenvalue weighted by molar-refractivity contribution is -0.189. The summed E-state index contributed by atoms with van der Waals surface area (Å²) in [6, 6.07) is 0. The summed E-state index contributed by atoms with van der Waals surface area (Å²) < 4.78 is 0. The molecule has 0 saturated heterocycles. The van der Waals surface area contributed by atoms with Crippen LogP contribution in [0.15, 0.2) is 23.3 Å². The molecule has 1 spiro atoms. The number of aliphatic hydroxyl groups excluding tert-OH is 2. The highest BCUT2D eigenvalue weighted by Gasteiger charge is 2.75. The Morgan fingerprint density at radius 1 is 1.12 bits per heavy atom. The molecule has 2 bridgehead atoms. The first-order valence-corrected chi connectivity index (χ1v) is 9.01. The van der Waals surface area contributed by atoms with Crippen molar-refractivity contribution in [3.8, 4) is 0 Å². The molecule has 8 atom stereocenters. The largest absolute Gasteiger partial charge is 0.386 e. The molecule has 3 N–H and O–H groups in total. The number of hydrogen-bond donors (Lipinski definition) is 3. The van der Waals surface area contributed by atoms with Crippen molar-refractivity contribution < 1.29 is 20.1 Å².